The number of thiocarbonyl (C=S) groups is 1. The predicted octanol–water partition coefficient (Wildman–Crippen LogP) is 3.26. The van der Waals surface area contributed by atoms with Crippen molar-refractivity contribution in [2.75, 3.05) is 5.32 Å². The van der Waals surface area contributed by atoms with Crippen LogP contribution in [0, 0.1) is 12.8 Å². The molecule has 21 heavy (non-hydrogen) atoms. The Kier molecular flexibility index (Phi) is 6.62. The van der Waals surface area contributed by atoms with Crippen LogP contribution in [0.1, 0.15) is 33.3 Å². The molecule has 0 aromatic heterocycles. The summed E-state index contributed by atoms with van der Waals surface area (Å²) in [5.74, 6) is -0.206. The number of benzene rings is 1. The highest BCUT2D eigenvalue weighted by atomic mass is 32.1. The van der Waals surface area contributed by atoms with E-state index < -0.39 is 6.04 Å². The lowest BCUT2D eigenvalue weighted by Crippen LogP contribution is -2.47. The Balaban J connectivity index is 2.64. The molecular formula is C16H24N2O2S. The van der Waals surface area contributed by atoms with E-state index in [2.05, 4.69) is 10.6 Å². The molecule has 0 unspecified atom stereocenters. The van der Waals surface area contributed by atoms with Crippen LogP contribution in [0.2, 0.25) is 0 Å². The van der Waals surface area contributed by atoms with Crippen molar-refractivity contribution < 1.29 is 9.53 Å². The minimum Gasteiger partial charge on any atom is -0.461 e. The third-order valence-electron chi connectivity index (χ3n) is 2.87. The summed E-state index contributed by atoms with van der Waals surface area (Å²) in [7, 11) is 0. The van der Waals surface area contributed by atoms with Crippen molar-refractivity contribution in [2.45, 2.75) is 46.8 Å². The fourth-order valence-electron chi connectivity index (χ4n) is 1.75. The van der Waals surface area contributed by atoms with Crippen molar-refractivity contribution in [3.63, 3.8) is 0 Å². The van der Waals surface area contributed by atoms with E-state index in [1.807, 2.05) is 58.9 Å². The van der Waals surface area contributed by atoms with Crippen molar-refractivity contribution in [3.05, 3.63) is 29.8 Å². The molecule has 116 valence electrons. The molecule has 0 fully saturated rings. The number of hydrogen-bond acceptors (Lipinski definition) is 3. The smallest absolute Gasteiger partial charge is 0.329 e. The number of rotatable bonds is 5. The van der Waals surface area contributed by atoms with Crippen LogP contribution in [0.25, 0.3) is 0 Å². The number of esters is 1. The number of nitrogens with one attached hydrogen (secondary N) is 2. The van der Waals surface area contributed by atoms with Gasteiger partial charge in [-0.15, -0.1) is 0 Å². The number of anilines is 1. The molecule has 0 saturated heterocycles. The van der Waals surface area contributed by atoms with Crippen LogP contribution in [0.4, 0.5) is 5.69 Å². The highest BCUT2D eigenvalue weighted by Crippen LogP contribution is 2.10. The minimum atomic E-state index is -0.460. The van der Waals surface area contributed by atoms with E-state index in [0.29, 0.717) is 5.11 Å². The lowest BCUT2D eigenvalue weighted by atomic mass is 10.1. The summed E-state index contributed by atoms with van der Waals surface area (Å²) in [5.41, 5.74) is 2.07. The molecular weight excluding hydrogens is 284 g/mol. The van der Waals surface area contributed by atoms with Gasteiger partial charge in [0.15, 0.2) is 5.11 Å². The summed E-state index contributed by atoms with van der Waals surface area (Å²) >= 11 is 5.27. The molecule has 0 bridgehead atoms. The van der Waals surface area contributed by atoms with Gasteiger partial charge in [0.05, 0.1) is 6.10 Å². The zero-order valence-corrected chi connectivity index (χ0v) is 14.1. The highest BCUT2D eigenvalue weighted by molar-refractivity contribution is 7.80. The van der Waals surface area contributed by atoms with E-state index >= 15 is 0 Å². The van der Waals surface area contributed by atoms with Crippen molar-refractivity contribution in [1.82, 2.24) is 5.32 Å². The first-order chi connectivity index (χ1) is 9.79. The molecule has 2 N–H and O–H groups in total. The maximum Gasteiger partial charge on any atom is 0.329 e. The Hall–Kier alpha value is -1.62. The quantitative estimate of drug-likeness (QED) is 0.646. The number of carbonyl (C=O) groups excluding carboxylic acids is 1. The average Bonchev–Trinajstić information content (AvgIpc) is 2.37. The monoisotopic (exact) mass is 308 g/mol. The maximum atomic E-state index is 12.1. The summed E-state index contributed by atoms with van der Waals surface area (Å²) < 4.78 is 5.25. The molecule has 0 radical (unpaired) electrons. The number of aryl methyl sites for hydroxylation is 1. The standard InChI is InChI=1S/C16H24N2O2S/c1-10(2)14(15(19)20-11(3)4)18-16(21)17-13-8-6-12(5)7-9-13/h6-11,14H,1-5H3,(H2,17,18,21)/t14-/m0/s1. The molecule has 1 aromatic rings. The normalized spacial score (nSPS) is 12.1. The van der Waals surface area contributed by atoms with E-state index in [9.17, 15) is 4.79 Å². The maximum absolute atomic E-state index is 12.1. The van der Waals surface area contributed by atoms with Gasteiger partial charge in [-0.05, 0) is 51.0 Å². The SMILES string of the molecule is Cc1ccc(NC(=S)N[C@H](C(=O)OC(C)C)C(C)C)cc1. The van der Waals surface area contributed by atoms with Gasteiger partial charge in [0.25, 0.3) is 0 Å². The largest absolute Gasteiger partial charge is 0.461 e. The average molecular weight is 308 g/mol. The molecule has 0 heterocycles. The van der Waals surface area contributed by atoms with Gasteiger partial charge in [0, 0.05) is 5.69 Å². The van der Waals surface area contributed by atoms with Crippen LogP contribution in [0.3, 0.4) is 0 Å². The molecule has 1 aromatic carbocycles. The Bertz CT molecular complexity index is 484. The van der Waals surface area contributed by atoms with Crippen molar-refractivity contribution in [1.29, 1.82) is 0 Å². The van der Waals surface area contributed by atoms with E-state index in [-0.39, 0.29) is 18.0 Å². The summed E-state index contributed by atoms with van der Waals surface area (Å²) in [6, 6.07) is 7.42. The first-order valence-electron chi connectivity index (χ1n) is 7.14. The summed E-state index contributed by atoms with van der Waals surface area (Å²) in [6.07, 6.45) is -0.140. The fourth-order valence-corrected chi connectivity index (χ4v) is 1.99. The van der Waals surface area contributed by atoms with Crippen LogP contribution in [-0.4, -0.2) is 23.2 Å². The van der Waals surface area contributed by atoms with Crippen LogP contribution >= 0.6 is 12.2 Å². The van der Waals surface area contributed by atoms with Gasteiger partial charge in [0.1, 0.15) is 6.04 Å². The number of hydrogen-bond donors (Lipinski definition) is 2. The summed E-state index contributed by atoms with van der Waals surface area (Å²) in [4.78, 5) is 12.1. The molecule has 1 rings (SSSR count). The Labute approximate surface area is 132 Å². The third kappa shape index (κ3) is 6.12. The Morgan fingerprint density at radius 2 is 1.71 bits per heavy atom. The number of ether oxygens (including phenoxy) is 1. The lowest BCUT2D eigenvalue weighted by molar-refractivity contribution is -0.150. The summed E-state index contributed by atoms with van der Waals surface area (Å²) in [6.45, 7) is 9.59. The van der Waals surface area contributed by atoms with Crippen molar-refractivity contribution in [3.8, 4) is 0 Å². The first-order valence-corrected chi connectivity index (χ1v) is 7.55. The topological polar surface area (TPSA) is 50.4 Å². The lowest BCUT2D eigenvalue weighted by Gasteiger charge is -2.23. The molecule has 4 nitrogen and oxygen atoms in total. The van der Waals surface area contributed by atoms with Gasteiger partial charge in [-0.3, -0.25) is 0 Å². The Morgan fingerprint density at radius 1 is 1.14 bits per heavy atom. The second-order valence-corrected chi connectivity index (χ2v) is 6.08. The van der Waals surface area contributed by atoms with Gasteiger partial charge in [-0.25, -0.2) is 4.79 Å². The van der Waals surface area contributed by atoms with Crippen LogP contribution in [0.15, 0.2) is 24.3 Å². The predicted molar refractivity (Wildman–Crippen MR) is 90.4 cm³/mol. The van der Waals surface area contributed by atoms with Crippen molar-refractivity contribution in [2.24, 2.45) is 5.92 Å². The Morgan fingerprint density at radius 3 is 2.19 bits per heavy atom. The van der Waals surface area contributed by atoms with Crippen LogP contribution < -0.4 is 10.6 Å². The first kappa shape index (κ1) is 17.4. The van der Waals surface area contributed by atoms with Crippen LogP contribution in [0.5, 0.6) is 0 Å². The van der Waals surface area contributed by atoms with Gasteiger partial charge in [-0.2, -0.15) is 0 Å². The van der Waals surface area contributed by atoms with E-state index in [1.165, 1.54) is 5.56 Å². The van der Waals surface area contributed by atoms with Gasteiger partial charge < -0.3 is 15.4 Å². The second kappa shape index (κ2) is 7.98. The van der Waals surface area contributed by atoms with Crippen molar-refractivity contribution >= 4 is 29.0 Å². The summed E-state index contributed by atoms with van der Waals surface area (Å²) in [5, 5.41) is 6.52. The van der Waals surface area contributed by atoms with Gasteiger partial charge in [0.2, 0.25) is 0 Å². The van der Waals surface area contributed by atoms with Gasteiger partial charge in [-0.1, -0.05) is 31.5 Å². The molecule has 0 aliphatic rings. The fraction of sp³-hybridized carbons (Fsp3) is 0.500. The van der Waals surface area contributed by atoms with E-state index in [4.69, 9.17) is 17.0 Å². The van der Waals surface area contributed by atoms with E-state index in [1.54, 1.807) is 0 Å². The van der Waals surface area contributed by atoms with E-state index in [0.717, 1.165) is 5.69 Å². The van der Waals surface area contributed by atoms with Gasteiger partial charge >= 0.3 is 5.97 Å². The highest BCUT2D eigenvalue weighted by Gasteiger charge is 2.25. The molecule has 0 amide bonds. The molecule has 0 saturated carbocycles. The van der Waals surface area contributed by atoms with Crippen LogP contribution in [-0.2, 0) is 9.53 Å². The second-order valence-electron chi connectivity index (χ2n) is 5.67. The third-order valence-corrected chi connectivity index (χ3v) is 3.09. The zero-order valence-electron chi connectivity index (χ0n) is 13.3. The number of carbonyl (C=O) groups is 1. The molecule has 1 atom stereocenters. The zero-order chi connectivity index (χ0) is 16.0. The molecule has 0 aliphatic heterocycles. The minimum absolute atomic E-state index is 0.0778. The molecule has 0 spiro atoms. The molecule has 0 aliphatic carbocycles. The molecule has 5 heteroatoms.